The van der Waals surface area contributed by atoms with Crippen LogP contribution in [0.1, 0.15) is 32.6 Å². The molecule has 1 saturated heterocycles. The molecule has 0 spiro atoms. The van der Waals surface area contributed by atoms with Crippen molar-refractivity contribution in [2.45, 2.75) is 38.6 Å². The molecule has 12 nitrogen and oxygen atoms in total. The molecule has 1 aromatic carbocycles. The van der Waals surface area contributed by atoms with Crippen LogP contribution in [0.4, 0.5) is 11.6 Å². The summed E-state index contributed by atoms with van der Waals surface area (Å²) in [5.41, 5.74) is 2.12. The van der Waals surface area contributed by atoms with Gasteiger partial charge in [-0.25, -0.2) is 14.6 Å². The number of oxazole rings is 1. The first kappa shape index (κ1) is 26.4. The van der Waals surface area contributed by atoms with Crippen LogP contribution in [0, 0.1) is 11.3 Å². The van der Waals surface area contributed by atoms with Crippen molar-refractivity contribution in [2.24, 2.45) is 11.3 Å². The minimum atomic E-state index is -0.415. The van der Waals surface area contributed by atoms with Crippen molar-refractivity contribution in [3.8, 4) is 17.1 Å². The lowest BCUT2D eigenvalue weighted by Gasteiger charge is -2.22. The summed E-state index contributed by atoms with van der Waals surface area (Å²) in [6.07, 6.45) is 7.91. The van der Waals surface area contributed by atoms with Gasteiger partial charge in [0.05, 0.1) is 34.4 Å². The first-order chi connectivity index (χ1) is 19.3. The van der Waals surface area contributed by atoms with E-state index in [-0.39, 0.29) is 23.8 Å². The maximum atomic E-state index is 13.0. The Bertz CT molecular complexity index is 1560. The Hall–Kier alpha value is -3.84. The molecule has 2 aliphatic rings. The quantitative estimate of drug-likeness (QED) is 0.247. The molecule has 13 heteroatoms. The zero-order chi connectivity index (χ0) is 27.9. The summed E-state index contributed by atoms with van der Waals surface area (Å²) >= 11 is 3.54. The van der Waals surface area contributed by atoms with Gasteiger partial charge >= 0.3 is 0 Å². The Balaban J connectivity index is 1.33. The summed E-state index contributed by atoms with van der Waals surface area (Å²) in [7, 11) is 1.67. The molecule has 2 fully saturated rings. The van der Waals surface area contributed by atoms with E-state index in [0.29, 0.717) is 52.0 Å². The lowest BCUT2D eigenvalue weighted by molar-refractivity contribution is -0.129. The number of rotatable bonds is 7. The lowest BCUT2D eigenvalue weighted by Crippen LogP contribution is -2.35. The van der Waals surface area contributed by atoms with Gasteiger partial charge in [-0.2, -0.15) is 10.1 Å². The summed E-state index contributed by atoms with van der Waals surface area (Å²) in [5, 5.41) is 17.9. The van der Waals surface area contributed by atoms with Gasteiger partial charge < -0.3 is 25.7 Å². The van der Waals surface area contributed by atoms with Gasteiger partial charge in [0.1, 0.15) is 10.9 Å². The Morgan fingerprint density at radius 3 is 2.88 bits per heavy atom. The highest BCUT2D eigenvalue weighted by Gasteiger charge is 2.41. The van der Waals surface area contributed by atoms with Gasteiger partial charge in [0, 0.05) is 31.2 Å². The average molecular weight is 609 g/mol. The summed E-state index contributed by atoms with van der Waals surface area (Å²) in [6, 6.07) is 5.65. The number of carbonyl (C=O) groups excluding carboxylic acids is 2. The molecule has 0 radical (unpaired) electrons. The summed E-state index contributed by atoms with van der Waals surface area (Å²) < 4.78 is 7.85. The number of aromatic nitrogens is 5. The number of nitrogens with zero attached hydrogens (tertiary/aromatic N) is 5. The van der Waals surface area contributed by atoms with Crippen LogP contribution in [0.3, 0.4) is 0 Å². The van der Waals surface area contributed by atoms with E-state index in [4.69, 9.17) is 9.40 Å². The number of carbonyl (C=O) groups is 2. The second-order valence-electron chi connectivity index (χ2n) is 10.6. The van der Waals surface area contributed by atoms with E-state index in [9.17, 15) is 9.59 Å². The van der Waals surface area contributed by atoms with Crippen molar-refractivity contribution in [2.75, 3.05) is 30.8 Å². The number of hydrogen-bond donors (Lipinski definition) is 4. The standard InChI is InChI=1S/C27H30BrN9O3/c1-27(25(39)29-2)7-5-16(12-27)33-26-32-14-19-21(28)36-37(22(19)35-26)17-3-4-18(24-31-9-10-40-24)20(11-17)34-23(38)15-6-8-30-13-15/h3-4,9-11,14-16,30H,5-8,12-13H2,1-2H3,(H,29,39)(H,34,38)(H,32,33,35)/t15-,16+,27+/m0/s1. The first-order valence-corrected chi connectivity index (χ1v) is 14.1. The molecule has 2 amide bonds. The molecule has 6 rings (SSSR count). The van der Waals surface area contributed by atoms with Crippen LogP contribution in [0.2, 0.25) is 0 Å². The Morgan fingerprint density at radius 1 is 1.25 bits per heavy atom. The maximum absolute atomic E-state index is 13.0. The molecule has 4 N–H and O–H groups in total. The molecule has 1 saturated carbocycles. The number of amides is 2. The van der Waals surface area contributed by atoms with Gasteiger partial charge in [0.15, 0.2) is 5.65 Å². The molecule has 1 aliphatic carbocycles. The predicted molar refractivity (Wildman–Crippen MR) is 153 cm³/mol. The van der Waals surface area contributed by atoms with E-state index in [0.717, 1.165) is 31.2 Å². The fourth-order valence-corrected chi connectivity index (χ4v) is 6.03. The van der Waals surface area contributed by atoms with Crippen LogP contribution >= 0.6 is 15.9 Å². The molecule has 4 aromatic rings. The van der Waals surface area contributed by atoms with Crippen molar-refractivity contribution < 1.29 is 14.0 Å². The van der Waals surface area contributed by atoms with Crippen molar-refractivity contribution >= 4 is 50.4 Å². The average Bonchev–Trinajstić information content (AvgIpc) is 3.77. The van der Waals surface area contributed by atoms with Crippen LogP contribution in [0.15, 0.2) is 45.9 Å². The third-order valence-electron chi connectivity index (χ3n) is 7.83. The molecular formula is C27H30BrN9O3. The molecule has 0 unspecified atom stereocenters. The molecule has 40 heavy (non-hydrogen) atoms. The van der Waals surface area contributed by atoms with Gasteiger partial charge in [0.25, 0.3) is 0 Å². The SMILES string of the molecule is CNC(=O)[C@]1(C)CC[C@@H](Nc2ncc3c(Br)nn(-c4ccc(-c5ncco5)c(NC(=O)[C@H]5CCNC5)c4)c3n2)C1. The summed E-state index contributed by atoms with van der Waals surface area (Å²) in [6.45, 7) is 3.46. The number of nitrogens with one attached hydrogen (secondary N) is 4. The second kappa shape index (κ2) is 10.6. The summed E-state index contributed by atoms with van der Waals surface area (Å²) in [5.74, 6) is 0.756. The van der Waals surface area contributed by atoms with E-state index in [1.54, 1.807) is 24.1 Å². The van der Waals surface area contributed by atoms with Crippen LogP contribution in [-0.4, -0.2) is 62.7 Å². The number of anilines is 2. The van der Waals surface area contributed by atoms with Crippen LogP contribution < -0.4 is 21.3 Å². The van der Waals surface area contributed by atoms with Gasteiger partial charge in [-0.15, -0.1) is 0 Å². The topological polar surface area (TPSA) is 152 Å². The number of fused-ring (bicyclic) bond motifs is 1. The monoisotopic (exact) mass is 607 g/mol. The minimum absolute atomic E-state index is 0.0514. The van der Waals surface area contributed by atoms with Crippen LogP contribution in [0.5, 0.6) is 0 Å². The molecular weight excluding hydrogens is 578 g/mol. The van der Waals surface area contributed by atoms with Crippen LogP contribution in [-0.2, 0) is 9.59 Å². The van der Waals surface area contributed by atoms with Gasteiger partial charge in [-0.1, -0.05) is 6.92 Å². The third kappa shape index (κ3) is 4.94. The number of hydrogen-bond acceptors (Lipinski definition) is 9. The van der Waals surface area contributed by atoms with E-state index >= 15 is 0 Å². The first-order valence-electron chi connectivity index (χ1n) is 13.3. The number of benzene rings is 1. The van der Waals surface area contributed by atoms with Gasteiger partial charge in [0.2, 0.25) is 23.7 Å². The predicted octanol–water partition coefficient (Wildman–Crippen LogP) is 3.50. The Morgan fingerprint density at radius 2 is 2.12 bits per heavy atom. The van der Waals surface area contributed by atoms with E-state index in [1.165, 1.54) is 6.26 Å². The highest BCUT2D eigenvalue weighted by molar-refractivity contribution is 9.10. The fourth-order valence-electron chi connectivity index (χ4n) is 5.60. The fraction of sp³-hybridized carbons (Fsp3) is 0.407. The van der Waals surface area contributed by atoms with E-state index in [2.05, 4.69) is 52.3 Å². The molecule has 1 aliphatic heterocycles. The highest BCUT2D eigenvalue weighted by Crippen LogP contribution is 2.39. The van der Waals surface area contributed by atoms with Gasteiger partial charge in [-0.05, 0) is 66.4 Å². The Kier molecular flexibility index (Phi) is 7.00. The van der Waals surface area contributed by atoms with Crippen molar-refractivity contribution in [3.05, 3.63) is 41.5 Å². The second-order valence-corrected chi connectivity index (χ2v) is 11.4. The summed E-state index contributed by atoms with van der Waals surface area (Å²) in [4.78, 5) is 39.0. The molecule has 4 heterocycles. The van der Waals surface area contributed by atoms with Crippen LogP contribution in [0.25, 0.3) is 28.2 Å². The molecule has 208 valence electrons. The highest BCUT2D eigenvalue weighted by atomic mass is 79.9. The van der Waals surface area contributed by atoms with E-state index in [1.807, 2.05) is 25.1 Å². The smallest absolute Gasteiger partial charge is 0.228 e. The largest absolute Gasteiger partial charge is 0.444 e. The molecule has 3 atom stereocenters. The minimum Gasteiger partial charge on any atom is -0.444 e. The Labute approximate surface area is 238 Å². The zero-order valence-corrected chi connectivity index (χ0v) is 23.8. The van der Waals surface area contributed by atoms with Crippen molar-refractivity contribution in [1.29, 1.82) is 0 Å². The van der Waals surface area contributed by atoms with Crippen molar-refractivity contribution in [3.63, 3.8) is 0 Å². The number of halogens is 1. The zero-order valence-electron chi connectivity index (χ0n) is 22.2. The normalized spacial score (nSPS) is 22.5. The maximum Gasteiger partial charge on any atom is 0.228 e. The van der Waals surface area contributed by atoms with Crippen molar-refractivity contribution in [1.82, 2.24) is 35.4 Å². The third-order valence-corrected chi connectivity index (χ3v) is 8.41. The van der Waals surface area contributed by atoms with E-state index < -0.39 is 5.41 Å². The lowest BCUT2D eigenvalue weighted by atomic mass is 9.87. The molecule has 3 aromatic heterocycles. The van der Waals surface area contributed by atoms with Gasteiger partial charge in [-0.3, -0.25) is 9.59 Å². The molecule has 0 bridgehead atoms.